The first-order valence-corrected chi connectivity index (χ1v) is 7.00. The smallest absolute Gasteiger partial charge is 0.338 e. The summed E-state index contributed by atoms with van der Waals surface area (Å²) >= 11 is 0. The summed E-state index contributed by atoms with van der Waals surface area (Å²) in [5.41, 5.74) is 1.25. The molecule has 0 spiro atoms. The van der Waals surface area contributed by atoms with E-state index >= 15 is 0 Å². The van der Waals surface area contributed by atoms with Crippen molar-refractivity contribution in [2.24, 2.45) is 0 Å². The second kappa shape index (κ2) is 5.83. The zero-order valence-corrected chi connectivity index (χ0v) is 12.7. The summed E-state index contributed by atoms with van der Waals surface area (Å²) in [5, 5.41) is 0. The SMILES string of the molecule is COC1CCN(c2ccc(C(=O)OC(C)(C)C)cc2)C1. The molecule has 1 aromatic carbocycles. The standard InChI is InChI=1S/C16H23NO3/c1-16(2,3)20-15(18)12-5-7-13(8-6-12)17-10-9-14(11-17)19-4/h5-8,14H,9-11H2,1-4H3. The van der Waals surface area contributed by atoms with E-state index in [0.717, 1.165) is 25.2 Å². The first-order valence-electron chi connectivity index (χ1n) is 7.00. The number of hydrogen-bond donors (Lipinski definition) is 0. The van der Waals surface area contributed by atoms with Crippen LogP contribution in [0, 0.1) is 0 Å². The van der Waals surface area contributed by atoms with E-state index in [1.807, 2.05) is 45.0 Å². The van der Waals surface area contributed by atoms with Crippen LogP contribution in [-0.4, -0.2) is 37.9 Å². The van der Waals surface area contributed by atoms with Crippen molar-refractivity contribution in [3.63, 3.8) is 0 Å². The van der Waals surface area contributed by atoms with E-state index in [2.05, 4.69) is 4.90 Å². The fraction of sp³-hybridized carbons (Fsp3) is 0.562. The molecule has 4 nitrogen and oxygen atoms in total. The maximum absolute atomic E-state index is 11.9. The van der Waals surface area contributed by atoms with Gasteiger partial charge in [0.05, 0.1) is 11.7 Å². The fourth-order valence-electron chi connectivity index (χ4n) is 2.30. The lowest BCUT2D eigenvalue weighted by Crippen LogP contribution is -2.24. The molecule has 0 radical (unpaired) electrons. The number of nitrogens with zero attached hydrogens (tertiary/aromatic N) is 1. The number of anilines is 1. The van der Waals surface area contributed by atoms with Crippen LogP contribution in [0.2, 0.25) is 0 Å². The van der Waals surface area contributed by atoms with E-state index in [0.29, 0.717) is 11.7 Å². The number of methoxy groups -OCH3 is 1. The molecule has 0 aliphatic carbocycles. The Kier molecular flexibility index (Phi) is 4.33. The Bertz CT molecular complexity index is 462. The molecule has 1 unspecified atom stereocenters. The van der Waals surface area contributed by atoms with Gasteiger partial charge in [0.25, 0.3) is 0 Å². The number of hydrogen-bond acceptors (Lipinski definition) is 4. The van der Waals surface area contributed by atoms with Gasteiger partial charge in [-0.2, -0.15) is 0 Å². The van der Waals surface area contributed by atoms with Gasteiger partial charge >= 0.3 is 5.97 Å². The highest BCUT2D eigenvalue weighted by Crippen LogP contribution is 2.22. The number of carbonyl (C=O) groups is 1. The lowest BCUT2D eigenvalue weighted by molar-refractivity contribution is 0.00695. The van der Waals surface area contributed by atoms with E-state index in [9.17, 15) is 4.79 Å². The van der Waals surface area contributed by atoms with Gasteiger partial charge in [0, 0.05) is 25.9 Å². The second-order valence-corrected chi connectivity index (χ2v) is 6.14. The molecule has 4 heteroatoms. The molecule has 1 saturated heterocycles. The molecule has 20 heavy (non-hydrogen) atoms. The molecule has 110 valence electrons. The maximum Gasteiger partial charge on any atom is 0.338 e. The summed E-state index contributed by atoms with van der Waals surface area (Å²) in [7, 11) is 1.75. The first kappa shape index (κ1) is 14.9. The van der Waals surface area contributed by atoms with Crippen LogP contribution >= 0.6 is 0 Å². The molecule has 0 N–H and O–H groups in total. The Morgan fingerprint density at radius 2 is 1.90 bits per heavy atom. The van der Waals surface area contributed by atoms with Crippen molar-refractivity contribution >= 4 is 11.7 Å². The summed E-state index contributed by atoms with van der Waals surface area (Å²) in [6.07, 6.45) is 1.35. The predicted octanol–water partition coefficient (Wildman–Crippen LogP) is 2.87. The third kappa shape index (κ3) is 3.73. The average Bonchev–Trinajstić information content (AvgIpc) is 2.85. The van der Waals surface area contributed by atoms with Crippen LogP contribution in [-0.2, 0) is 9.47 Å². The number of rotatable bonds is 3. The number of benzene rings is 1. The van der Waals surface area contributed by atoms with Crippen LogP contribution in [0.3, 0.4) is 0 Å². The molecule has 2 rings (SSSR count). The van der Waals surface area contributed by atoms with Crippen LogP contribution in [0.5, 0.6) is 0 Å². The Morgan fingerprint density at radius 1 is 1.25 bits per heavy atom. The molecule has 1 aromatic rings. The van der Waals surface area contributed by atoms with E-state index in [1.54, 1.807) is 7.11 Å². The summed E-state index contributed by atoms with van der Waals surface area (Å²) in [5.74, 6) is -0.278. The molecule has 0 saturated carbocycles. The summed E-state index contributed by atoms with van der Waals surface area (Å²) in [6, 6.07) is 7.58. The number of carbonyl (C=O) groups excluding carboxylic acids is 1. The van der Waals surface area contributed by atoms with Gasteiger partial charge in [-0.25, -0.2) is 4.79 Å². The van der Waals surface area contributed by atoms with Gasteiger partial charge in [0.1, 0.15) is 5.60 Å². The van der Waals surface area contributed by atoms with Crippen molar-refractivity contribution in [2.45, 2.75) is 38.9 Å². The topological polar surface area (TPSA) is 38.8 Å². The highest BCUT2D eigenvalue weighted by molar-refractivity contribution is 5.90. The van der Waals surface area contributed by atoms with Gasteiger partial charge in [0.2, 0.25) is 0 Å². The third-order valence-corrected chi connectivity index (χ3v) is 3.35. The molecule has 1 atom stereocenters. The molecule has 0 amide bonds. The van der Waals surface area contributed by atoms with Gasteiger partial charge < -0.3 is 14.4 Å². The Morgan fingerprint density at radius 3 is 2.40 bits per heavy atom. The second-order valence-electron chi connectivity index (χ2n) is 6.14. The van der Waals surface area contributed by atoms with Gasteiger partial charge in [-0.3, -0.25) is 0 Å². The van der Waals surface area contributed by atoms with E-state index in [4.69, 9.17) is 9.47 Å². The van der Waals surface area contributed by atoms with E-state index in [-0.39, 0.29) is 5.97 Å². The normalized spacial score (nSPS) is 19.2. The van der Waals surface area contributed by atoms with Crippen LogP contribution < -0.4 is 4.90 Å². The van der Waals surface area contributed by atoms with Crippen molar-refractivity contribution in [3.8, 4) is 0 Å². The Hall–Kier alpha value is -1.55. The van der Waals surface area contributed by atoms with Gasteiger partial charge in [-0.15, -0.1) is 0 Å². The molecule has 1 aliphatic heterocycles. The van der Waals surface area contributed by atoms with Gasteiger partial charge in [-0.1, -0.05) is 0 Å². The zero-order chi connectivity index (χ0) is 14.8. The lowest BCUT2D eigenvalue weighted by Gasteiger charge is -2.21. The number of esters is 1. The Labute approximate surface area is 120 Å². The van der Waals surface area contributed by atoms with E-state index in [1.165, 1.54) is 0 Å². The molecular weight excluding hydrogens is 254 g/mol. The lowest BCUT2D eigenvalue weighted by atomic mass is 10.1. The molecular formula is C16H23NO3. The highest BCUT2D eigenvalue weighted by atomic mass is 16.6. The molecule has 1 heterocycles. The predicted molar refractivity (Wildman–Crippen MR) is 79.2 cm³/mol. The van der Waals surface area contributed by atoms with Gasteiger partial charge in [-0.05, 0) is 51.5 Å². The minimum atomic E-state index is -0.462. The molecule has 0 bridgehead atoms. The van der Waals surface area contributed by atoms with Crippen molar-refractivity contribution in [1.29, 1.82) is 0 Å². The summed E-state index contributed by atoms with van der Waals surface area (Å²) < 4.78 is 10.7. The highest BCUT2D eigenvalue weighted by Gasteiger charge is 2.23. The zero-order valence-electron chi connectivity index (χ0n) is 12.7. The minimum absolute atomic E-state index is 0.278. The third-order valence-electron chi connectivity index (χ3n) is 3.35. The summed E-state index contributed by atoms with van der Waals surface area (Å²) in [4.78, 5) is 14.2. The fourth-order valence-corrected chi connectivity index (χ4v) is 2.30. The van der Waals surface area contributed by atoms with Crippen molar-refractivity contribution in [1.82, 2.24) is 0 Å². The molecule has 1 fully saturated rings. The van der Waals surface area contributed by atoms with Crippen molar-refractivity contribution < 1.29 is 14.3 Å². The average molecular weight is 277 g/mol. The van der Waals surface area contributed by atoms with E-state index < -0.39 is 5.60 Å². The monoisotopic (exact) mass is 277 g/mol. The largest absolute Gasteiger partial charge is 0.456 e. The number of ether oxygens (including phenoxy) is 2. The van der Waals surface area contributed by atoms with Crippen molar-refractivity contribution in [3.05, 3.63) is 29.8 Å². The Balaban J connectivity index is 2.02. The van der Waals surface area contributed by atoms with Crippen LogP contribution in [0.1, 0.15) is 37.6 Å². The van der Waals surface area contributed by atoms with Crippen LogP contribution in [0.25, 0.3) is 0 Å². The van der Waals surface area contributed by atoms with Crippen LogP contribution in [0.15, 0.2) is 24.3 Å². The van der Waals surface area contributed by atoms with Crippen molar-refractivity contribution in [2.75, 3.05) is 25.1 Å². The quantitative estimate of drug-likeness (QED) is 0.796. The maximum atomic E-state index is 11.9. The summed E-state index contributed by atoms with van der Waals surface area (Å²) in [6.45, 7) is 7.50. The molecule has 0 aromatic heterocycles. The van der Waals surface area contributed by atoms with Crippen LogP contribution in [0.4, 0.5) is 5.69 Å². The van der Waals surface area contributed by atoms with Gasteiger partial charge in [0.15, 0.2) is 0 Å². The first-order chi connectivity index (χ1) is 9.39. The minimum Gasteiger partial charge on any atom is -0.456 e. The molecule has 1 aliphatic rings.